The number of nitriles is 1. The van der Waals surface area contributed by atoms with Crippen LogP contribution in [0.4, 0.5) is 10.9 Å². The number of thiazole rings is 1. The van der Waals surface area contributed by atoms with Crippen LogP contribution in [0.3, 0.4) is 0 Å². The first-order valence-corrected chi connectivity index (χ1v) is 14.9. The van der Waals surface area contributed by atoms with Crippen molar-refractivity contribution in [1.29, 1.82) is 5.26 Å². The minimum atomic E-state index is -3.18. The van der Waals surface area contributed by atoms with Gasteiger partial charge in [0.05, 0.1) is 29.4 Å². The van der Waals surface area contributed by atoms with Crippen molar-refractivity contribution in [2.24, 2.45) is 0 Å². The Morgan fingerprint density at radius 1 is 1.14 bits per heavy atom. The zero-order chi connectivity index (χ0) is 26.2. The molecule has 4 heterocycles. The Bertz CT molecular complexity index is 1560. The molecule has 11 heteroatoms. The molecule has 0 radical (unpaired) electrons. The maximum absolute atomic E-state index is 11.9. The van der Waals surface area contributed by atoms with Crippen LogP contribution in [0.25, 0.3) is 16.9 Å². The number of benzene rings is 1. The van der Waals surface area contributed by atoms with Gasteiger partial charge >= 0.3 is 0 Å². The first kappa shape index (κ1) is 25.3. The van der Waals surface area contributed by atoms with E-state index in [1.54, 1.807) is 11.3 Å². The number of hydrogen-bond donors (Lipinski definition) is 0. The van der Waals surface area contributed by atoms with Crippen molar-refractivity contribution >= 4 is 38.0 Å². The minimum Gasteiger partial charge on any atom is -0.304 e. The monoisotopic (exact) mass is 535 g/mol. The van der Waals surface area contributed by atoms with Crippen LogP contribution < -0.4 is 4.90 Å². The van der Waals surface area contributed by atoms with E-state index in [9.17, 15) is 13.7 Å². The third-order valence-electron chi connectivity index (χ3n) is 6.80. The minimum absolute atomic E-state index is 0.165. The van der Waals surface area contributed by atoms with E-state index in [1.807, 2.05) is 34.0 Å². The summed E-state index contributed by atoms with van der Waals surface area (Å²) in [6.45, 7) is 3.05. The Balaban J connectivity index is 1.49. The van der Waals surface area contributed by atoms with E-state index in [0.717, 1.165) is 46.4 Å². The molecule has 3 aromatic heterocycles. The number of piperidine rings is 1. The number of aromatic nitrogens is 4. The zero-order valence-corrected chi connectivity index (χ0v) is 22.8. The Morgan fingerprint density at radius 3 is 2.54 bits per heavy atom. The summed E-state index contributed by atoms with van der Waals surface area (Å²) in [5.74, 6) is 0.962. The molecule has 9 nitrogen and oxygen atoms in total. The number of nitrogens with zero attached hydrogens (tertiary/aromatic N) is 7. The quantitative estimate of drug-likeness (QED) is 0.342. The molecule has 0 aliphatic carbocycles. The highest BCUT2D eigenvalue weighted by Gasteiger charge is 2.28. The van der Waals surface area contributed by atoms with Crippen molar-refractivity contribution in [2.75, 3.05) is 31.3 Å². The van der Waals surface area contributed by atoms with E-state index in [4.69, 9.17) is 15.1 Å². The molecule has 0 atom stereocenters. The summed E-state index contributed by atoms with van der Waals surface area (Å²) in [7, 11) is -1.23. The van der Waals surface area contributed by atoms with Crippen LogP contribution in [0.5, 0.6) is 0 Å². The van der Waals surface area contributed by atoms with E-state index < -0.39 is 10.0 Å². The Kier molecular flexibility index (Phi) is 6.98. The van der Waals surface area contributed by atoms with Crippen LogP contribution in [0.15, 0.2) is 41.8 Å². The second kappa shape index (κ2) is 10.2. The number of hydrogen-bond acceptors (Lipinski definition) is 8. The summed E-state index contributed by atoms with van der Waals surface area (Å²) in [5, 5.41) is 17.0. The molecule has 1 fully saturated rings. The average Bonchev–Trinajstić information content (AvgIpc) is 3.52. The van der Waals surface area contributed by atoms with E-state index in [1.165, 1.54) is 16.1 Å². The Morgan fingerprint density at radius 2 is 1.86 bits per heavy atom. The van der Waals surface area contributed by atoms with Gasteiger partial charge in [-0.25, -0.2) is 22.7 Å². The van der Waals surface area contributed by atoms with Crippen molar-refractivity contribution in [2.45, 2.75) is 38.5 Å². The predicted molar refractivity (Wildman–Crippen MR) is 146 cm³/mol. The fourth-order valence-corrected chi connectivity index (χ4v) is 6.40. The smallest absolute Gasteiger partial charge is 0.211 e. The van der Waals surface area contributed by atoms with Crippen LogP contribution in [-0.2, 0) is 16.4 Å². The molecule has 0 amide bonds. The average molecular weight is 536 g/mol. The third kappa shape index (κ3) is 5.23. The van der Waals surface area contributed by atoms with Crippen LogP contribution in [0.2, 0.25) is 0 Å². The number of sulfonamides is 1. The van der Waals surface area contributed by atoms with Crippen molar-refractivity contribution in [3.05, 3.63) is 58.7 Å². The molecule has 0 saturated carbocycles. The van der Waals surface area contributed by atoms with E-state index >= 15 is 0 Å². The molecular weight excluding hydrogens is 506 g/mol. The summed E-state index contributed by atoms with van der Waals surface area (Å²) in [4.78, 5) is 11.7. The van der Waals surface area contributed by atoms with Gasteiger partial charge in [0.15, 0.2) is 16.6 Å². The van der Waals surface area contributed by atoms with Gasteiger partial charge in [0.25, 0.3) is 0 Å². The highest BCUT2D eigenvalue weighted by atomic mass is 32.2. The number of aryl methyl sites for hydroxylation is 2. The Labute approximate surface area is 221 Å². The van der Waals surface area contributed by atoms with E-state index in [2.05, 4.69) is 37.3 Å². The largest absolute Gasteiger partial charge is 0.304 e. The number of anilines is 2. The van der Waals surface area contributed by atoms with Gasteiger partial charge in [-0.05, 0) is 31.9 Å². The van der Waals surface area contributed by atoms with Crippen LogP contribution in [0, 0.1) is 18.3 Å². The Hall–Kier alpha value is -3.33. The molecule has 4 aromatic rings. The van der Waals surface area contributed by atoms with Gasteiger partial charge in [-0.2, -0.15) is 14.9 Å². The van der Waals surface area contributed by atoms with Crippen molar-refractivity contribution in [3.63, 3.8) is 0 Å². The molecular formula is C26H29N7O2S2. The van der Waals surface area contributed by atoms with Crippen molar-refractivity contribution < 1.29 is 8.42 Å². The number of fused-ring (bicyclic) bond motifs is 1. The van der Waals surface area contributed by atoms with Gasteiger partial charge in [-0.3, -0.25) is 0 Å². The molecule has 0 spiro atoms. The van der Waals surface area contributed by atoms with Crippen LogP contribution in [-0.4, -0.2) is 58.7 Å². The van der Waals surface area contributed by atoms with Crippen LogP contribution >= 0.6 is 11.3 Å². The standard InChI is InChI=1S/C26H29N7O2S2/c1-18-6-8-19(9-7-18)23-17-36-26(29-23)31(2)25-22(5-4-14-27)28-24-11-10-21(30-33(24)25)20-12-15-32(16-13-20)37(3,34)35/h6-11,17,20H,4-5,12-13,15-16H2,1-3H3. The van der Waals surface area contributed by atoms with Gasteiger partial charge in [0.2, 0.25) is 10.0 Å². The highest BCUT2D eigenvalue weighted by molar-refractivity contribution is 7.88. The van der Waals surface area contributed by atoms with Gasteiger partial charge in [-0.15, -0.1) is 11.3 Å². The highest BCUT2D eigenvalue weighted by Crippen LogP contribution is 2.34. The molecule has 5 rings (SSSR count). The topological polar surface area (TPSA) is 107 Å². The number of rotatable bonds is 7. The molecule has 37 heavy (non-hydrogen) atoms. The number of imidazole rings is 1. The summed E-state index contributed by atoms with van der Waals surface area (Å²) < 4.78 is 27.2. The van der Waals surface area contributed by atoms with E-state index in [0.29, 0.717) is 31.6 Å². The summed E-state index contributed by atoms with van der Waals surface area (Å²) >= 11 is 1.55. The second-order valence-electron chi connectivity index (χ2n) is 9.45. The van der Waals surface area contributed by atoms with Crippen molar-refractivity contribution in [1.82, 2.24) is 23.9 Å². The van der Waals surface area contributed by atoms with Gasteiger partial charge in [0.1, 0.15) is 0 Å². The van der Waals surface area contributed by atoms with Crippen LogP contribution in [0.1, 0.15) is 42.1 Å². The van der Waals surface area contributed by atoms with Gasteiger partial charge in [-0.1, -0.05) is 29.8 Å². The molecule has 1 aliphatic rings. The molecule has 1 aliphatic heterocycles. The molecule has 0 unspecified atom stereocenters. The third-order valence-corrected chi connectivity index (χ3v) is 9.02. The maximum Gasteiger partial charge on any atom is 0.211 e. The molecule has 0 N–H and O–H groups in total. The van der Waals surface area contributed by atoms with Crippen molar-refractivity contribution in [3.8, 4) is 17.3 Å². The van der Waals surface area contributed by atoms with Gasteiger partial charge in [0, 0.05) is 49.8 Å². The lowest BCUT2D eigenvalue weighted by atomic mass is 9.94. The fourth-order valence-electron chi connectivity index (χ4n) is 4.73. The lowest BCUT2D eigenvalue weighted by Crippen LogP contribution is -2.37. The zero-order valence-electron chi connectivity index (χ0n) is 21.1. The normalized spacial score (nSPS) is 15.2. The summed E-state index contributed by atoms with van der Waals surface area (Å²) in [6.07, 6.45) is 3.57. The first-order chi connectivity index (χ1) is 17.7. The SMILES string of the molecule is Cc1ccc(-c2csc(N(C)c3c(CCC#N)nc4ccc(C5CCN(S(C)(=O)=O)CC5)nn34)n2)cc1. The molecule has 1 aromatic carbocycles. The summed E-state index contributed by atoms with van der Waals surface area (Å²) in [6, 6.07) is 14.5. The lowest BCUT2D eigenvalue weighted by molar-refractivity contribution is 0.317. The second-order valence-corrected chi connectivity index (χ2v) is 12.3. The first-order valence-electron chi connectivity index (χ1n) is 12.2. The molecule has 0 bridgehead atoms. The van der Waals surface area contributed by atoms with E-state index in [-0.39, 0.29) is 5.92 Å². The molecule has 1 saturated heterocycles. The fraction of sp³-hybridized carbons (Fsp3) is 0.385. The lowest BCUT2D eigenvalue weighted by Gasteiger charge is -2.29. The molecule has 192 valence electrons. The van der Waals surface area contributed by atoms with Gasteiger partial charge < -0.3 is 4.90 Å². The maximum atomic E-state index is 11.9. The predicted octanol–water partition coefficient (Wildman–Crippen LogP) is 4.52. The summed E-state index contributed by atoms with van der Waals surface area (Å²) in [5.41, 5.74) is 5.60.